The second kappa shape index (κ2) is 6.20. The maximum atomic E-state index is 12.2. The summed E-state index contributed by atoms with van der Waals surface area (Å²) in [6.45, 7) is 2.72. The lowest BCUT2D eigenvalue weighted by molar-refractivity contribution is -0.132. The van der Waals surface area contributed by atoms with Gasteiger partial charge in [-0.15, -0.1) is 0 Å². The molecule has 0 bridgehead atoms. The molecule has 20 heavy (non-hydrogen) atoms. The van der Waals surface area contributed by atoms with Gasteiger partial charge in [0.2, 0.25) is 11.8 Å². The van der Waals surface area contributed by atoms with E-state index in [1.807, 2.05) is 6.07 Å². The summed E-state index contributed by atoms with van der Waals surface area (Å²) >= 11 is 0. The van der Waals surface area contributed by atoms with Crippen LogP contribution in [0.5, 0.6) is 0 Å². The van der Waals surface area contributed by atoms with E-state index < -0.39 is 0 Å². The number of piperidine rings is 1. The van der Waals surface area contributed by atoms with Crippen LogP contribution < -0.4 is 5.32 Å². The van der Waals surface area contributed by atoms with Gasteiger partial charge >= 0.3 is 0 Å². The van der Waals surface area contributed by atoms with E-state index in [0.29, 0.717) is 17.8 Å². The zero-order valence-corrected chi connectivity index (χ0v) is 11.4. The van der Waals surface area contributed by atoms with E-state index in [1.165, 1.54) is 6.92 Å². The van der Waals surface area contributed by atoms with E-state index in [2.05, 4.69) is 5.32 Å². The van der Waals surface area contributed by atoms with Crippen molar-refractivity contribution in [3.63, 3.8) is 0 Å². The minimum atomic E-state index is -0.182. The van der Waals surface area contributed by atoms with Crippen LogP contribution in [-0.2, 0) is 9.59 Å². The smallest absolute Gasteiger partial charge is 0.229 e. The third-order valence-corrected chi connectivity index (χ3v) is 3.50. The SMILES string of the molecule is CC(=O)N1CCCC(C(=O)Nc2cccc(C#N)c2)C1. The second-order valence-electron chi connectivity index (χ2n) is 4.99. The maximum Gasteiger partial charge on any atom is 0.229 e. The molecule has 1 aromatic rings. The van der Waals surface area contributed by atoms with Crippen molar-refractivity contribution in [1.29, 1.82) is 5.26 Å². The van der Waals surface area contributed by atoms with Gasteiger partial charge in [-0.1, -0.05) is 6.07 Å². The Labute approximate surface area is 118 Å². The molecule has 1 unspecified atom stereocenters. The number of amides is 2. The molecule has 1 fully saturated rings. The van der Waals surface area contributed by atoms with Crippen LogP contribution in [0.15, 0.2) is 24.3 Å². The molecule has 0 saturated carbocycles. The first kappa shape index (κ1) is 14.1. The van der Waals surface area contributed by atoms with E-state index in [1.54, 1.807) is 29.2 Å². The first-order valence-corrected chi connectivity index (χ1v) is 6.66. The molecule has 1 heterocycles. The van der Waals surface area contributed by atoms with Gasteiger partial charge in [0.15, 0.2) is 0 Å². The molecule has 1 atom stereocenters. The summed E-state index contributed by atoms with van der Waals surface area (Å²) in [6.07, 6.45) is 1.63. The summed E-state index contributed by atoms with van der Waals surface area (Å²) in [5.74, 6) is -0.265. The Kier molecular flexibility index (Phi) is 4.36. The Morgan fingerprint density at radius 1 is 1.45 bits per heavy atom. The summed E-state index contributed by atoms with van der Waals surface area (Å²) in [5.41, 5.74) is 1.13. The third-order valence-electron chi connectivity index (χ3n) is 3.50. The molecule has 0 aliphatic carbocycles. The lowest BCUT2D eigenvalue weighted by atomic mass is 9.97. The highest BCUT2D eigenvalue weighted by atomic mass is 16.2. The van der Waals surface area contributed by atoms with Crippen LogP contribution >= 0.6 is 0 Å². The number of likely N-dealkylation sites (tertiary alicyclic amines) is 1. The van der Waals surface area contributed by atoms with Crippen molar-refractivity contribution in [3.05, 3.63) is 29.8 Å². The molecular formula is C15H17N3O2. The fourth-order valence-corrected chi connectivity index (χ4v) is 2.39. The van der Waals surface area contributed by atoms with Crippen molar-refractivity contribution in [2.45, 2.75) is 19.8 Å². The number of rotatable bonds is 2. The monoisotopic (exact) mass is 271 g/mol. The number of benzene rings is 1. The molecule has 1 N–H and O–H groups in total. The van der Waals surface area contributed by atoms with Crippen LogP contribution in [0.3, 0.4) is 0 Å². The molecule has 0 aromatic heterocycles. The van der Waals surface area contributed by atoms with E-state index in [0.717, 1.165) is 19.4 Å². The van der Waals surface area contributed by atoms with Crippen molar-refractivity contribution in [2.24, 2.45) is 5.92 Å². The number of hydrogen-bond donors (Lipinski definition) is 1. The maximum absolute atomic E-state index is 12.2. The largest absolute Gasteiger partial charge is 0.342 e. The first-order chi connectivity index (χ1) is 9.60. The zero-order valence-electron chi connectivity index (χ0n) is 11.4. The van der Waals surface area contributed by atoms with Crippen LogP contribution in [0, 0.1) is 17.2 Å². The van der Waals surface area contributed by atoms with Gasteiger partial charge in [-0.05, 0) is 31.0 Å². The number of hydrogen-bond acceptors (Lipinski definition) is 3. The predicted molar refractivity (Wildman–Crippen MR) is 74.8 cm³/mol. The van der Waals surface area contributed by atoms with Crippen LogP contribution in [0.2, 0.25) is 0 Å². The van der Waals surface area contributed by atoms with E-state index in [4.69, 9.17) is 5.26 Å². The molecular weight excluding hydrogens is 254 g/mol. The highest BCUT2D eigenvalue weighted by molar-refractivity contribution is 5.93. The third kappa shape index (κ3) is 3.35. The van der Waals surface area contributed by atoms with E-state index >= 15 is 0 Å². The molecule has 1 aromatic carbocycles. The summed E-state index contributed by atoms with van der Waals surface area (Å²) in [6, 6.07) is 8.86. The summed E-state index contributed by atoms with van der Waals surface area (Å²) in [7, 11) is 0. The average molecular weight is 271 g/mol. The Morgan fingerprint density at radius 2 is 2.25 bits per heavy atom. The minimum Gasteiger partial charge on any atom is -0.342 e. The average Bonchev–Trinajstić information content (AvgIpc) is 2.47. The van der Waals surface area contributed by atoms with Gasteiger partial charge in [-0.25, -0.2) is 0 Å². The normalized spacial score (nSPS) is 18.2. The molecule has 1 aliphatic heterocycles. The van der Waals surface area contributed by atoms with Crippen LogP contribution in [0.25, 0.3) is 0 Å². The standard InChI is InChI=1S/C15H17N3O2/c1-11(19)18-7-3-5-13(10-18)15(20)17-14-6-2-4-12(8-14)9-16/h2,4,6,8,13H,3,5,7,10H2,1H3,(H,17,20). The molecule has 104 valence electrons. The lowest BCUT2D eigenvalue weighted by Gasteiger charge is -2.31. The van der Waals surface area contributed by atoms with Crippen LogP contribution in [0.4, 0.5) is 5.69 Å². The summed E-state index contributed by atoms with van der Waals surface area (Å²) in [5, 5.41) is 11.7. The minimum absolute atomic E-state index is 0.00831. The number of anilines is 1. The lowest BCUT2D eigenvalue weighted by Crippen LogP contribution is -2.42. The predicted octanol–water partition coefficient (Wildman–Crippen LogP) is 1.76. The van der Waals surface area contributed by atoms with Crippen LogP contribution in [-0.4, -0.2) is 29.8 Å². The quantitative estimate of drug-likeness (QED) is 0.890. The molecule has 1 aliphatic rings. The van der Waals surface area contributed by atoms with Gasteiger partial charge in [-0.2, -0.15) is 5.26 Å². The van der Waals surface area contributed by atoms with E-state index in [-0.39, 0.29) is 17.7 Å². The van der Waals surface area contributed by atoms with Gasteiger partial charge in [-0.3, -0.25) is 9.59 Å². The zero-order chi connectivity index (χ0) is 14.5. The fourth-order valence-electron chi connectivity index (χ4n) is 2.39. The molecule has 5 heteroatoms. The molecule has 0 spiro atoms. The fraction of sp³-hybridized carbons (Fsp3) is 0.400. The Bertz CT molecular complexity index is 562. The highest BCUT2D eigenvalue weighted by Gasteiger charge is 2.26. The van der Waals surface area contributed by atoms with Crippen molar-refractivity contribution < 1.29 is 9.59 Å². The van der Waals surface area contributed by atoms with Crippen molar-refractivity contribution in [3.8, 4) is 6.07 Å². The number of carbonyl (C=O) groups is 2. The van der Waals surface area contributed by atoms with Gasteiger partial charge in [0.25, 0.3) is 0 Å². The van der Waals surface area contributed by atoms with Crippen molar-refractivity contribution in [1.82, 2.24) is 4.90 Å². The van der Waals surface area contributed by atoms with E-state index in [9.17, 15) is 9.59 Å². The van der Waals surface area contributed by atoms with Crippen LogP contribution in [0.1, 0.15) is 25.3 Å². The summed E-state index contributed by atoms with van der Waals surface area (Å²) in [4.78, 5) is 25.3. The van der Waals surface area contributed by atoms with Crippen molar-refractivity contribution in [2.75, 3.05) is 18.4 Å². The Morgan fingerprint density at radius 3 is 2.95 bits per heavy atom. The molecule has 2 amide bonds. The topological polar surface area (TPSA) is 73.2 Å². The number of carbonyl (C=O) groups excluding carboxylic acids is 2. The highest BCUT2D eigenvalue weighted by Crippen LogP contribution is 2.19. The molecule has 5 nitrogen and oxygen atoms in total. The second-order valence-corrected chi connectivity index (χ2v) is 4.99. The molecule has 1 saturated heterocycles. The molecule has 0 radical (unpaired) electrons. The Balaban J connectivity index is 2.01. The number of nitrogens with one attached hydrogen (secondary N) is 1. The molecule has 2 rings (SSSR count). The number of nitriles is 1. The van der Waals surface area contributed by atoms with Gasteiger partial charge in [0.05, 0.1) is 17.6 Å². The van der Waals surface area contributed by atoms with Gasteiger partial charge in [0, 0.05) is 25.7 Å². The van der Waals surface area contributed by atoms with Gasteiger partial charge in [0.1, 0.15) is 0 Å². The van der Waals surface area contributed by atoms with Crippen molar-refractivity contribution >= 4 is 17.5 Å². The first-order valence-electron chi connectivity index (χ1n) is 6.66. The summed E-state index contributed by atoms with van der Waals surface area (Å²) < 4.78 is 0. The van der Waals surface area contributed by atoms with Gasteiger partial charge < -0.3 is 10.2 Å². The Hall–Kier alpha value is -2.35. The number of nitrogens with zero attached hydrogens (tertiary/aromatic N) is 2.